The monoisotopic (exact) mass is 519 g/mol. The molecule has 1 aromatic carbocycles. The van der Waals surface area contributed by atoms with Crippen LogP contribution in [0.5, 0.6) is 0 Å². The van der Waals surface area contributed by atoms with Crippen molar-refractivity contribution in [1.29, 1.82) is 0 Å². The van der Waals surface area contributed by atoms with E-state index in [9.17, 15) is 9.59 Å². The molecule has 0 N–H and O–H groups in total. The normalized spacial score (nSPS) is 43.8. The summed E-state index contributed by atoms with van der Waals surface area (Å²) in [6.45, 7) is 2.72. The number of ether oxygens (including phenoxy) is 3. The van der Waals surface area contributed by atoms with E-state index in [4.69, 9.17) is 25.8 Å². The van der Waals surface area contributed by atoms with Gasteiger partial charge < -0.3 is 14.2 Å². The molecule has 4 saturated heterocycles. The lowest BCUT2D eigenvalue weighted by Gasteiger charge is -2.39. The highest BCUT2D eigenvalue weighted by atomic mass is 79.9. The Hall–Kier alpha value is -0.510. The van der Waals surface area contributed by atoms with Crippen molar-refractivity contribution in [2.75, 3.05) is 18.1 Å². The maximum atomic E-state index is 13.5. The van der Waals surface area contributed by atoms with Gasteiger partial charge in [-0.05, 0) is 25.1 Å². The fraction of sp³-hybridized carbons (Fsp3) is 0.556. The molecule has 0 aliphatic carbocycles. The van der Waals surface area contributed by atoms with E-state index in [1.54, 1.807) is 24.3 Å². The number of alkyl halides is 2. The van der Waals surface area contributed by atoms with E-state index in [-0.39, 0.29) is 21.5 Å². The van der Waals surface area contributed by atoms with E-state index in [0.717, 1.165) is 0 Å². The zero-order valence-electron chi connectivity index (χ0n) is 14.2. The maximum absolute atomic E-state index is 13.5. The number of benzene rings is 1. The Morgan fingerprint density at radius 1 is 1.11 bits per heavy atom. The number of imide groups is 1. The second-order valence-electron chi connectivity index (χ2n) is 7.46. The minimum atomic E-state index is -1.08. The van der Waals surface area contributed by atoms with Gasteiger partial charge in [-0.3, -0.25) is 9.59 Å². The molecule has 6 nitrogen and oxygen atoms in total. The molecule has 27 heavy (non-hydrogen) atoms. The minimum absolute atomic E-state index is 0.185. The minimum Gasteiger partial charge on any atom is -0.359 e. The quantitative estimate of drug-likeness (QED) is 0.443. The van der Waals surface area contributed by atoms with Crippen LogP contribution in [0.3, 0.4) is 0 Å². The SMILES string of the molecule is C[C@@]12O[C@@](C3OCCO3)([C@H](Br)[C@@H]1Br)[C@H]1C(=O)N(c3cccc(Cl)c3)C(=O)[C@@H]12. The molecule has 9 heteroatoms. The summed E-state index contributed by atoms with van der Waals surface area (Å²) in [5.74, 6) is -1.91. The number of amides is 2. The van der Waals surface area contributed by atoms with Crippen molar-refractivity contribution in [1.82, 2.24) is 0 Å². The number of anilines is 1. The van der Waals surface area contributed by atoms with Crippen LogP contribution in [-0.2, 0) is 23.8 Å². The van der Waals surface area contributed by atoms with Crippen LogP contribution < -0.4 is 4.90 Å². The van der Waals surface area contributed by atoms with E-state index >= 15 is 0 Å². The Balaban J connectivity index is 1.65. The van der Waals surface area contributed by atoms with Gasteiger partial charge in [0.1, 0.15) is 5.60 Å². The van der Waals surface area contributed by atoms with Gasteiger partial charge >= 0.3 is 0 Å². The number of carbonyl (C=O) groups is 2. The van der Waals surface area contributed by atoms with Gasteiger partial charge in [0.2, 0.25) is 11.8 Å². The van der Waals surface area contributed by atoms with Crippen molar-refractivity contribution in [3.8, 4) is 0 Å². The molecule has 4 fully saturated rings. The molecule has 5 rings (SSSR count). The highest BCUT2D eigenvalue weighted by Gasteiger charge is 2.82. The Bertz CT molecular complexity index is 845. The van der Waals surface area contributed by atoms with Crippen LogP contribution in [0, 0.1) is 11.8 Å². The molecule has 0 aromatic heterocycles. The number of nitrogens with zero attached hydrogens (tertiary/aromatic N) is 1. The lowest BCUT2D eigenvalue weighted by molar-refractivity contribution is -0.200. The van der Waals surface area contributed by atoms with Crippen LogP contribution in [0.2, 0.25) is 5.02 Å². The summed E-state index contributed by atoms with van der Waals surface area (Å²) in [5.41, 5.74) is -1.48. The average molecular weight is 522 g/mol. The third kappa shape index (κ3) is 2.17. The standard InChI is InChI=1S/C18H16Br2ClNO5/c1-17-10-11(15(24)22(14(10)23)9-4-2-3-8(21)7-9)18(27-17,13(20)12(17)19)16-25-5-6-26-16/h2-4,7,10-13,16H,5-6H2,1H3/t10-,11-,12+,13-,17+,18-/m1/s1. The first-order chi connectivity index (χ1) is 12.8. The van der Waals surface area contributed by atoms with E-state index in [1.807, 2.05) is 6.92 Å². The van der Waals surface area contributed by atoms with Crippen LogP contribution in [0.25, 0.3) is 0 Å². The Morgan fingerprint density at radius 2 is 1.78 bits per heavy atom. The topological polar surface area (TPSA) is 65.1 Å². The summed E-state index contributed by atoms with van der Waals surface area (Å²) in [6, 6.07) is 6.75. The van der Waals surface area contributed by atoms with E-state index < -0.39 is 29.3 Å². The number of carbonyl (C=O) groups excluding carboxylic acids is 2. The van der Waals surface area contributed by atoms with E-state index in [0.29, 0.717) is 23.9 Å². The van der Waals surface area contributed by atoms with Gasteiger partial charge in [-0.15, -0.1) is 0 Å². The Morgan fingerprint density at radius 3 is 2.44 bits per heavy atom. The van der Waals surface area contributed by atoms with Crippen molar-refractivity contribution in [2.24, 2.45) is 11.8 Å². The number of hydrogen-bond acceptors (Lipinski definition) is 5. The highest BCUT2D eigenvalue weighted by Crippen LogP contribution is 2.66. The molecule has 0 radical (unpaired) electrons. The number of fused-ring (bicyclic) bond motifs is 5. The van der Waals surface area contributed by atoms with Crippen LogP contribution in [0.4, 0.5) is 5.69 Å². The first-order valence-electron chi connectivity index (χ1n) is 8.67. The molecule has 1 aromatic rings. The third-order valence-corrected chi connectivity index (χ3v) is 9.73. The zero-order chi connectivity index (χ0) is 19.1. The van der Waals surface area contributed by atoms with Gasteiger partial charge in [0.05, 0.1) is 46.0 Å². The van der Waals surface area contributed by atoms with Gasteiger partial charge in [-0.25, -0.2) is 4.90 Å². The lowest BCUT2D eigenvalue weighted by Crippen LogP contribution is -2.59. The molecule has 0 unspecified atom stereocenters. The molecule has 4 aliphatic rings. The van der Waals surface area contributed by atoms with Crippen molar-refractivity contribution >= 4 is 61.0 Å². The summed E-state index contributed by atoms with van der Waals surface area (Å²) in [7, 11) is 0. The van der Waals surface area contributed by atoms with Gasteiger partial charge in [0, 0.05) is 5.02 Å². The Kier molecular flexibility index (Phi) is 4.11. The van der Waals surface area contributed by atoms with E-state index in [2.05, 4.69) is 31.9 Å². The summed E-state index contributed by atoms with van der Waals surface area (Å²) in [6.07, 6.45) is -0.713. The molecule has 144 valence electrons. The maximum Gasteiger partial charge on any atom is 0.240 e. The molecule has 4 aliphatic heterocycles. The number of hydrogen-bond donors (Lipinski definition) is 0. The van der Waals surface area contributed by atoms with Crippen molar-refractivity contribution in [3.63, 3.8) is 0 Å². The lowest BCUT2D eigenvalue weighted by atomic mass is 9.67. The van der Waals surface area contributed by atoms with Crippen molar-refractivity contribution < 1.29 is 23.8 Å². The smallest absolute Gasteiger partial charge is 0.240 e. The van der Waals surface area contributed by atoms with Crippen LogP contribution in [0.1, 0.15) is 6.92 Å². The largest absolute Gasteiger partial charge is 0.359 e. The fourth-order valence-electron chi connectivity index (χ4n) is 5.00. The van der Waals surface area contributed by atoms with E-state index in [1.165, 1.54) is 4.90 Å². The second-order valence-corrected chi connectivity index (χ2v) is 9.87. The van der Waals surface area contributed by atoms with Gasteiger partial charge in [-0.2, -0.15) is 0 Å². The molecule has 4 heterocycles. The fourth-order valence-corrected chi connectivity index (χ4v) is 7.09. The Labute approximate surface area is 177 Å². The number of rotatable bonds is 2. The van der Waals surface area contributed by atoms with Crippen molar-refractivity contribution in [2.45, 2.75) is 34.1 Å². The molecule has 0 spiro atoms. The first-order valence-corrected chi connectivity index (χ1v) is 10.9. The second kappa shape index (κ2) is 6.00. The van der Waals surface area contributed by atoms with Crippen molar-refractivity contribution in [3.05, 3.63) is 29.3 Å². The summed E-state index contributed by atoms with van der Waals surface area (Å²) >= 11 is 13.5. The molecular weight excluding hydrogens is 505 g/mol. The van der Waals surface area contributed by atoms with Gasteiger partial charge in [0.25, 0.3) is 0 Å². The van der Waals surface area contributed by atoms with Gasteiger partial charge in [0.15, 0.2) is 6.29 Å². The molecule has 0 saturated carbocycles. The predicted molar refractivity (Wildman–Crippen MR) is 104 cm³/mol. The molecule has 2 amide bonds. The highest BCUT2D eigenvalue weighted by molar-refractivity contribution is 9.12. The van der Waals surface area contributed by atoms with Crippen LogP contribution >= 0.6 is 43.5 Å². The van der Waals surface area contributed by atoms with Crippen LogP contribution in [0.15, 0.2) is 24.3 Å². The molecule has 2 bridgehead atoms. The summed E-state index contributed by atoms with van der Waals surface area (Å²) in [4.78, 5) is 27.7. The zero-order valence-corrected chi connectivity index (χ0v) is 18.2. The average Bonchev–Trinajstić information content (AvgIpc) is 3.34. The predicted octanol–water partition coefficient (Wildman–Crippen LogP) is 2.89. The van der Waals surface area contributed by atoms with Gasteiger partial charge in [-0.1, -0.05) is 49.5 Å². The molecular formula is C18H16Br2ClNO5. The summed E-state index contributed by atoms with van der Waals surface area (Å²) in [5, 5.41) is 0.463. The summed E-state index contributed by atoms with van der Waals surface area (Å²) < 4.78 is 18.0. The number of halogens is 3. The first kappa shape index (κ1) is 18.5. The molecule has 6 atom stereocenters. The van der Waals surface area contributed by atoms with Crippen LogP contribution in [-0.4, -0.2) is 52.2 Å². The third-order valence-electron chi connectivity index (χ3n) is 6.10.